The maximum Gasteiger partial charge on any atom is 0.324 e. The van der Waals surface area contributed by atoms with Gasteiger partial charge in [0, 0.05) is 12.6 Å². The lowest BCUT2D eigenvalue weighted by molar-refractivity contribution is -0.140. The van der Waals surface area contributed by atoms with E-state index in [1.165, 1.54) is 4.90 Å². The van der Waals surface area contributed by atoms with Crippen LogP contribution < -0.4 is 5.32 Å². The van der Waals surface area contributed by atoms with Gasteiger partial charge in [0.15, 0.2) is 0 Å². The quantitative estimate of drug-likeness (QED) is 0.879. The molecular formula is C17H17N3O2. The highest BCUT2D eigenvalue weighted by atomic mass is 16.2. The van der Waals surface area contributed by atoms with Gasteiger partial charge in [-0.05, 0) is 24.1 Å². The molecule has 0 saturated carbocycles. The number of likely N-dealkylation sites (tertiary alicyclic amines) is 1. The van der Waals surface area contributed by atoms with Gasteiger partial charge in [-0.1, -0.05) is 36.4 Å². The normalized spacial score (nSPS) is 17.0. The van der Waals surface area contributed by atoms with Crippen molar-refractivity contribution in [2.24, 2.45) is 0 Å². The molecule has 0 radical (unpaired) electrons. The highest BCUT2D eigenvalue weighted by Gasteiger charge is 2.40. The first-order valence-electron chi connectivity index (χ1n) is 7.28. The largest absolute Gasteiger partial charge is 0.332 e. The van der Waals surface area contributed by atoms with Gasteiger partial charge in [-0.2, -0.15) is 0 Å². The van der Waals surface area contributed by atoms with Gasteiger partial charge in [0.2, 0.25) is 5.91 Å². The standard InChI is InChI=1S/C17H17N3O2/c21-16-11-15(10-13-6-2-1-3-7-13)20(16)17(22)19-12-14-8-4-5-9-18-14/h1-9,15H,10-12H2,(H,19,22)/t15-/m0/s1. The summed E-state index contributed by atoms with van der Waals surface area (Å²) < 4.78 is 0. The van der Waals surface area contributed by atoms with Crippen molar-refractivity contribution < 1.29 is 9.59 Å². The summed E-state index contributed by atoms with van der Waals surface area (Å²) >= 11 is 0. The Kier molecular flexibility index (Phi) is 4.14. The fraction of sp³-hybridized carbons (Fsp3) is 0.235. The highest BCUT2D eigenvalue weighted by Crippen LogP contribution is 2.23. The van der Waals surface area contributed by atoms with E-state index >= 15 is 0 Å². The Bertz CT molecular complexity index is 658. The van der Waals surface area contributed by atoms with Crippen LogP contribution in [0.25, 0.3) is 0 Å². The molecule has 1 N–H and O–H groups in total. The Balaban J connectivity index is 1.57. The maximum atomic E-state index is 12.2. The van der Waals surface area contributed by atoms with Crippen LogP contribution in [0.3, 0.4) is 0 Å². The van der Waals surface area contributed by atoms with Crippen LogP contribution in [-0.4, -0.2) is 27.9 Å². The van der Waals surface area contributed by atoms with Crippen molar-refractivity contribution in [1.82, 2.24) is 15.2 Å². The molecule has 1 aromatic heterocycles. The Morgan fingerprint density at radius 3 is 2.64 bits per heavy atom. The molecule has 0 aliphatic carbocycles. The van der Waals surface area contributed by atoms with E-state index in [9.17, 15) is 9.59 Å². The van der Waals surface area contributed by atoms with Crippen molar-refractivity contribution in [2.75, 3.05) is 0 Å². The first-order valence-corrected chi connectivity index (χ1v) is 7.28. The Labute approximate surface area is 129 Å². The van der Waals surface area contributed by atoms with E-state index in [-0.39, 0.29) is 18.0 Å². The number of urea groups is 1. The maximum absolute atomic E-state index is 12.2. The molecule has 112 valence electrons. The van der Waals surface area contributed by atoms with Crippen LogP contribution in [0.1, 0.15) is 17.7 Å². The molecule has 1 saturated heterocycles. The van der Waals surface area contributed by atoms with Crippen molar-refractivity contribution in [2.45, 2.75) is 25.4 Å². The van der Waals surface area contributed by atoms with E-state index in [0.29, 0.717) is 19.4 Å². The Morgan fingerprint density at radius 1 is 1.18 bits per heavy atom. The monoisotopic (exact) mass is 295 g/mol. The number of nitrogens with one attached hydrogen (secondary N) is 1. The van der Waals surface area contributed by atoms with Gasteiger partial charge in [0.1, 0.15) is 0 Å². The second-order valence-corrected chi connectivity index (χ2v) is 5.29. The summed E-state index contributed by atoms with van der Waals surface area (Å²) in [7, 11) is 0. The number of carbonyl (C=O) groups excluding carboxylic acids is 2. The van der Waals surface area contributed by atoms with E-state index < -0.39 is 0 Å². The molecule has 5 heteroatoms. The lowest BCUT2D eigenvalue weighted by Gasteiger charge is -2.38. The number of nitrogens with zero attached hydrogens (tertiary/aromatic N) is 2. The molecule has 1 aromatic carbocycles. The zero-order valence-electron chi connectivity index (χ0n) is 12.1. The minimum Gasteiger partial charge on any atom is -0.332 e. The van der Waals surface area contributed by atoms with E-state index in [1.807, 2.05) is 48.5 Å². The fourth-order valence-electron chi connectivity index (χ4n) is 2.57. The molecule has 5 nitrogen and oxygen atoms in total. The van der Waals surface area contributed by atoms with E-state index in [4.69, 9.17) is 0 Å². The van der Waals surface area contributed by atoms with Crippen LogP contribution in [-0.2, 0) is 17.8 Å². The number of hydrogen-bond donors (Lipinski definition) is 1. The summed E-state index contributed by atoms with van der Waals surface area (Å²) in [6.45, 7) is 0.321. The summed E-state index contributed by atoms with van der Waals surface area (Å²) in [5.41, 5.74) is 1.89. The van der Waals surface area contributed by atoms with Gasteiger partial charge in [-0.25, -0.2) is 4.79 Å². The molecular weight excluding hydrogens is 278 g/mol. The Morgan fingerprint density at radius 2 is 1.95 bits per heavy atom. The van der Waals surface area contributed by atoms with E-state index in [0.717, 1.165) is 11.3 Å². The average molecular weight is 295 g/mol. The molecule has 1 aliphatic rings. The van der Waals surface area contributed by atoms with Crippen molar-refractivity contribution >= 4 is 11.9 Å². The zero-order valence-corrected chi connectivity index (χ0v) is 12.1. The van der Waals surface area contributed by atoms with Crippen LogP contribution in [0.5, 0.6) is 0 Å². The lowest BCUT2D eigenvalue weighted by atomic mass is 9.95. The van der Waals surface area contributed by atoms with Gasteiger partial charge in [-0.15, -0.1) is 0 Å². The molecule has 0 spiro atoms. The van der Waals surface area contributed by atoms with Crippen LogP contribution in [0, 0.1) is 0 Å². The van der Waals surface area contributed by atoms with E-state index in [1.54, 1.807) is 6.20 Å². The van der Waals surface area contributed by atoms with Crippen molar-refractivity contribution in [1.29, 1.82) is 0 Å². The zero-order chi connectivity index (χ0) is 15.4. The first-order chi connectivity index (χ1) is 10.7. The number of benzene rings is 1. The number of β-lactam (4-membered cyclic amide) rings is 1. The topological polar surface area (TPSA) is 62.3 Å². The Hall–Kier alpha value is -2.69. The molecule has 0 unspecified atom stereocenters. The minimum absolute atomic E-state index is 0.0568. The summed E-state index contributed by atoms with van der Waals surface area (Å²) in [6, 6.07) is 15.0. The van der Waals surface area contributed by atoms with Crippen LogP contribution in [0.2, 0.25) is 0 Å². The smallest absolute Gasteiger partial charge is 0.324 e. The third kappa shape index (κ3) is 3.14. The SMILES string of the molecule is O=C1C[C@H](Cc2ccccc2)N1C(=O)NCc1ccccn1. The number of imide groups is 1. The number of carbonyl (C=O) groups is 2. The van der Waals surface area contributed by atoms with Crippen LogP contribution in [0.15, 0.2) is 54.7 Å². The third-order valence-corrected chi connectivity index (χ3v) is 3.72. The molecule has 1 atom stereocenters. The average Bonchev–Trinajstić information content (AvgIpc) is 2.54. The lowest BCUT2D eigenvalue weighted by Crippen LogP contribution is -2.59. The van der Waals surface area contributed by atoms with Gasteiger partial charge in [0.05, 0.1) is 18.3 Å². The van der Waals surface area contributed by atoms with Crippen LogP contribution in [0.4, 0.5) is 4.79 Å². The van der Waals surface area contributed by atoms with Crippen molar-refractivity contribution in [3.8, 4) is 0 Å². The number of aromatic nitrogens is 1. The molecule has 1 aliphatic heterocycles. The second kappa shape index (κ2) is 6.39. The van der Waals surface area contributed by atoms with E-state index in [2.05, 4.69) is 10.3 Å². The van der Waals surface area contributed by atoms with Gasteiger partial charge < -0.3 is 5.32 Å². The van der Waals surface area contributed by atoms with Gasteiger partial charge in [0.25, 0.3) is 0 Å². The number of rotatable bonds is 4. The van der Waals surface area contributed by atoms with Crippen molar-refractivity contribution in [3.63, 3.8) is 0 Å². The molecule has 1 fully saturated rings. The van der Waals surface area contributed by atoms with Crippen molar-refractivity contribution in [3.05, 3.63) is 66.0 Å². The summed E-state index contributed by atoms with van der Waals surface area (Å²) in [5, 5.41) is 2.75. The first kappa shape index (κ1) is 14.3. The fourth-order valence-corrected chi connectivity index (χ4v) is 2.57. The summed E-state index contributed by atoms with van der Waals surface area (Å²) in [6.07, 6.45) is 2.80. The van der Waals surface area contributed by atoms with Gasteiger partial charge in [-0.3, -0.25) is 14.7 Å². The highest BCUT2D eigenvalue weighted by molar-refractivity contribution is 5.99. The third-order valence-electron chi connectivity index (χ3n) is 3.72. The molecule has 3 amide bonds. The molecule has 22 heavy (non-hydrogen) atoms. The van der Waals surface area contributed by atoms with Crippen LogP contribution >= 0.6 is 0 Å². The molecule has 3 rings (SSSR count). The van der Waals surface area contributed by atoms with Gasteiger partial charge >= 0.3 is 6.03 Å². The number of pyridine rings is 1. The molecule has 2 aromatic rings. The number of hydrogen-bond acceptors (Lipinski definition) is 3. The number of amides is 3. The second-order valence-electron chi connectivity index (χ2n) is 5.29. The molecule has 0 bridgehead atoms. The minimum atomic E-state index is -0.345. The molecule has 2 heterocycles. The predicted molar refractivity (Wildman–Crippen MR) is 81.9 cm³/mol. The summed E-state index contributed by atoms with van der Waals surface area (Å²) in [5.74, 6) is -0.126. The summed E-state index contributed by atoms with van der Waals surface area (Å²) in [4.78, 5) is 29.4. The predicted octanol–water partition coefficient (Wildman–Crippen LogP) is 2.13.